The molecule has 3 N–H and O–H groups in total. The quantitative estimate of drug-likeness (QED) is 0.393. The molecule has 25 heavy (non-hydrogen) atoms. The Bertz CT molecular complexity index is 756. The van der Waals surface area contributed by atoms with Crippen molar-refractivity contribution < 1.29 is 9.18 Å². The number of amides is 1. The van der Waals surface area contributed by atoms with Gasteiger partial charge in [0, 0.05) is 5.69 Å². The molecule has 1 unspecified atom stereocenters. The maximum absolute atomic E-state index is 13.7. The maximum atomic E-state index is 13.7. The smallest absolute Gasteiger partial charge is 0.255 e. The number of thiocarbonyl (C=S) groups is 1. The van der Waals surface area contributed by atoms with Gasteiger partial charge < -0.3 is 16.0 Å². The molecule has 4 nitrogen and oxygen atoms in total. The largest absolute Gasteiger partial charge is 0.339 e. The minimum atomic E-state index is -1.93. The van der Waals surface area contributed by atoms with Gasteiger partial charge in [0.1, 0.15) is 12.0 Å². The standard InChI is InChI=1S/C16H13Cl3FN3OS/c17-16(18,19)14(22-13(24)11-8-4-5-9-12(11)20)23-15(25)21-10-6-2-1-3-7-10/h1-9,14H,(H,22,24)(H2,21,23,25). The molecule has 132 valence electrons. The Labute approximate surface area is 164 Å². The van der Waals surface area contributed by atoms with Crippen LogP contribution in [0.2, 0.25) is 0 Å². The number of alkyl halides is 3. The number of para-hydroxylation sites is 1. The van der Waals surface area contributed by atoms with E-state index in [1.165, 1.54) is 18.2 Å². The van der Waals surface area contributed by atoms with E-state index in [9.17, 15) is 9.18 Å². The number of hydrogen-bond donors (Lipinski definition) is 3. The maximum Gasteiger partial charge on any atom is 0.255 e. The summed E-state index contributed by atoms with van der Waals surface area (Å²) in [7, 11) is 0. The molecule has 2 aromatic carbocycles. The molecule has 0 radical (unpaired) electrons. The van der Waals surface area contributed by atoms with Crippen molar-refractivity contribution >= 4 is 63.7 Å². The summed E-state index contributed by atoms with van der Waals surface area (Å²) in [4.78, 5) is 12.2. The lowest BCUT2D eigenvalue weighted by Crippen LogP contribution is -2.56. The highest BCUT2D eigenvalue weighted by atomic mass is 35.6. The molecule has 0 fully saturated rings. The van der Waals surface area contributed by atoms with Gasteiger partial charge in [-0.05, 0) is 36.5 Å². The van der Waals surface area contributed by atoms with Crippen molar-refractivity contribution in [1.29, 1.82) is 0 Å². The minimum absolute atomic E-state index is 0.122. The zero-order valence-electron chi connectivity index (χ0n) is 12.6. The number of benzene rings is 2. The lowest BCUT2D eigenvalue weighted by atomic mass is 10.2. The summed E-state index contributed by atoms with van der Waals surface area (Å²) in [6, 6.07) is 14.5. The van der Waals surface area contributed by atoms with Gasteiger partial charge in [-0.3, -0.25) is 4.79 Å². The summed E-state index contributed by atoms with van der Waals surface area (Å²) < 4.78 is 11.8. The fourth-order valence-corrected chi connectivity index (χ4v) is 2.44. The number of nitrogens with one attached hydrogen (secondary N) is 3. The van der Waals surface area contributed by atoms with E-state index in [4.69, 9.17) is 47.0 Å². The Morgan fingerprint density at radius 1 is 1.00 bits per heavy atom. The third-order valence-electron chi connectivity index (χ3n) is 3.03. The van der Waals surface area contributed by atoms with E-state index in [1.807, 2.05) is 18.2 Å². The summed E-state index contributed by atoms with van der Waals surface area (Å²) in [5.41, 5.74) is 0.536. The Balaban J connectivity index is 2.08. The number of carbonyl (C=O) groups is 1. The zero-order chi connectivity index (χ0) is 18.4. The van der Waals surface area contributed by atoms with Gasteiger partial charge in [-0.15, -0.1) is 0 Å². The number of hydrogen-bond acceptors (Lipinski definition) is 2. The topological polar surface area (TPSA) is 53.2 Å². The van der Waals surface area contributed by atoms with E-state index in [0.717, 1.165) is 6.07 Å². The molecule has 2 rings (SSSR count). The van der Waals surface area contributed by atoms with Crippen molar-refractivity contribution in [3.63, 3.8) is 0 Å². The normalized spacial score (nSPS) is 12.2. The fraction of sp³-hybridized carbons (Fsp3) is 0.125. The van der Waals surface area contributed by atoms with Crippen LogP contribution in [0.1, 0.15) is 10.4 Å². The molecule has 1 amide bonds. The van der Waals surface area contributed by atoms with Crippen LogP contribution in [0.5, 0.6) is 0 Å². The van der Waals surface area contributed by atoms with Crippen molar-refractivity contribution in [1.82, 2.24) is 10.6 Å². The Morgan fingerprint density at radius 3 is 2.20 bits per heavy atom. The van der Waals surface area contributed by atoms with Crippen LogP contribution in [0.3, 0.4) is 0 Å². The summed E-state index contributed by atoms with van der Waals surface area (Å²) in [5, 5.41) is 8.12. The van der Waals surface area contributed by atoms with Crippen LogP contribution in [-0.2, 0) is 0 Å². The van der Waals surface area contributed by atoms with Crippen molar-refractivity contribution in [2.45, 2.75) is 9.96 Å². The molecule has 0 saturated heterocycles. The van der Waals surface area contributed by atoms with Crippen LogP contribution < -0.4 is 16.0 Å². The first kappa shape index (κ1) is 19.7. The van der Waals surface area contributed by atoms with Crippen molar-refractivity contribution in [2.75, 3.05) is 5.32 Å². The molecular weight excluding hydrogens is 408 g/mol. The summed E-state index contributed by atoms with van der Waals surface area (Å²) >= 11 is 22.8. The van der Waals surface area contributed by atoms with E-state index in [0.29, 0.717) is 5.69 Å². The summed E-state index contributed by atoms with van der Waals surface area (Å²) in [5.74, 6) is -1.43. The van der Waals surface area contributed by atoms with Crippen LogP contribution >= 0.6 is 47.0 Å². The molecule has 0 heterocycles. The van der Waals surface area contributed by atoms with Crippen LogP contribution in [0.4, 0.5) is 10.1 Å². The van der Waals surface area contributed by atoms with Gasteiger partial charge in [-0.2, -0.15) is 0 Å². The van der Waals surface area contributed by atoms with E-state index < -0.39 is 21.7 Å². The number of halogens is 4. The van der Waals surface area contributed by atoms with E-state index >= 15 is 0 Å². The van der Waals surface area contributed by atoms with E-state index in [-0.39, 0.29) is 10.7 Å². The Morgan fingerprint density at radius 2 is 1.60 bits per heavy atom. The van der Waals surface area contributed by atoms with Gasteiger partial charge in [0.05, 0.1) is 5.56 Å². The first-order chi connectivity index (χ1) is 11.8. The molecule has 1 atom stereocenters. The molecule has 0 aliphatic carbocycles. The second-order valence-corrected chi connectivity index (χ2v) is 7.67. The molecular formula is C16H13Cl3FN3OS. The molecule has 0 bridgehead atoms. The summed E-state index contributed by atoms with van der Waals surface area (Å²) in [6.07, 6.45) is -1.19. The van der Waals surface area contributed by atoms with Gasteiger partial charge in [0.2, 0.25) is 3.79 Å². The molecule has 0 spiro atoms. The first-order valence-electron chi connectivity index (χ1n) is 7.02. The fourth-order valence-electron chi connectivity index (χ4n) is 1.87. The highest BCUT2D eigenvalue weighted by Crippen LogP contribution is 2.29. The Kier molecular flexibility index (Phi) is 6.84. The number of rotatable bonds is 4. The van der Waals surface area contributed by atoms with Crippen LogP contribution in [0, 0.1) is 5.82 Å². The molecule has 2 aromatic rings. The number of anilines is 1. The van der Waals surface area contributed by atoms with E-state index in [1.54, 1.807) is 12.1 Å². The zero-order valence-corrected chi connectivity index (χ0v) is 15.7. The van der Waals surface area contributed by atoms with Gasteiger partial charge in [-0.1, -0.05) is 65.1 Å². The SMILES string of the molecule is O=C(NC(NC(=S)Nc1ccccc1)C(Cl)(Cl)Cl)c1ccccc1F. The van der Waals surface area contributed by atoms with Crippen molar-refractivity contribution in [2.24, 2.45) is 0 Å². The average Bonchev–Trinajstić information content (AvgIpc) is 2.54. The van der Waals surface area contributed by atoms with Crippen molar-refractivity contribution in [3.05, 3.63) is 66.0 Å². The summed E-state index contributed by atoms with van der Waals surface area (Å²) in [6.45, 7) is 0. The molecule has 0 saturated carbocycles. The predicted octanol–water partition coefficient (Wildman–Crippen LogP) is 4.24. The highest BCUT2D eigenvalue weighted by Gasteiger charge is 2.35. The predicted molar refractivity (Wildman–Crippen MR) is 104 cm³/mol. The van der Waals surface area contributed by atoms with Gasteiger partial charge >= 0.3 is 0 Å². The van der Waals surface area contributed by atoms with Crippen LogP contribution in [-0.4, -0.2) is 21.0 Å². The average molecular weight is 421 g/mol. The lowest BCUT2D eigenvalue weighted by molar-refractivity contribution is 0.0930. The third kappa shape index (κ3) is 6.01. The lowest BCUT2D eigenvalue weighted by Gasteiger charge is -2.27. The minimum Gasteiger partial charge on any atom is -0.339 e. The Hall–Kier alpha value is -1.60. The van der Waals surface area contributed by atoms with E-state index in [2.05, 4.69) is 16.0 Å². The molecule has 0 aliphatic heterocycles. The first-order valence-corrected chi connectivity index (χ1v) is 8.56. The monoisotopic (exact) mass is 419 g/mol. The number of carbonyl (C=O) groups excluding carboxylic acids is 1. The van der Waals surface area contributed by atoms with Crippen molar-refractivity contribution in [3.8, 4) is 0 Å². The third-order valence-corrected chi connectivity index (χ3v) is 3.90. The molecule has 0 aromatic heterocycles. The van der Waals surface area contributed by atoms with Crippen LogP contribution in [0.25, 0.3) is 0 Å². The van der Waals surface area contributed by atoms with Gasteiger partial charge in [0.15, 0.2) is 5.11 Å². The van der Waals surface area contributed by atoms with Gasteiger partial charge in [0.25, 0.3) is 5.91 Å². The molecule has 9 heteroatoms. The molecule has 0 aliphatic rings. The van der Waals surface area contributed by atoms with Gasteiger partial charge in [-0.25, -0.2) is 4.39 Å². The second kappa shape index (κ2) is 8.67. The van der Waals surface area contributed by atoms with Crippen LogP contribution in [0.15, 0.2) is 54.6 Å². The second-order valence-electron chi connectivity index (χ2n) is 4.89. The highest BCUT2D eigenvalue weighted by molar-refractivity contribution is 7.80.